The fourth-order valence-electron chi connectivity index (χ4n) is 2.93. The molecule has 1 aliphatic carbocycles. The number of halogens is 1. The monoisotopic (exact) mass is 351 g/mol. The summed E-state index contributed by atoms with van der Waals surface area (Å²) in [7, 11) is 1.64. The predicted molar refractivity (Wildman–Crippen MR) is 84.4 cm³/mol. The number of hydrogen-bond acceptors (Lipinski definition) is 3. The lowest BCUT2D eigenvalue weighted by Crippen LogP contribution is -2.51. The van der Waals surface area contributed by atoms with Gasteiger partial charge in [0.1, 0.15) is 5.54 Å². The van der Waals surface area contributed by atoms with Crippen molar-refractivity contribution in [3.63, 3.8) is 0 Å². The number of rotatable bonds is 3. The van der Waals surface area contributed by atoms with E-state index in [1.807, 2.05) is 6.07 Å². The third-order valence-corrected chi connectivity index (χ3v) is 4.56. The van der Waals surface area contributed by atoms with Crippen LogP contribution >= 0.6 is 15.9 Å². The van der Waals surface area contributed by atoms with Crippen LogP contribution in [0.25, 0.3) is 0 Å². The fraction of sp³-hybridized carbons (Fsp3) is 0.467. The number of aliphatic imine (C=N–C) groups is 1. The molecule has 0 aromatic heterocycles. The summed E-state index contributed by atoms with van der Waals surface area (Å²) >= 11 is 3.50. The molecule has 0 saturated carbocycles. The van der Waals surface area contributed by atoms with Crippen LogP contribution < -0.4 is 10.6 Å². The Bertz CT molecular complexity index is 603. The van der Waals surface area contributed by atoms with Gasteiger partial charge in [0.05, 0.1) is 13.2 Å². The van der Waals surface area contributed by atoms with Crippen molar-refractivity contribution >= 4 is 27.8 Å². The first kappa shape index (κ1) is 14.5. The van der Waals surface area contributed by atoms with Crippen LogP contribution in [-0.2, 0) is 22.4 Å². The van der Waals surface area contributed by atoms with Crippen LogP contribution in [0.1, 0.15) is 17.5 Å². The minimum atomic E-state index is -0.549. The Morgan fingerprint density at radius 1 is 1.43 bits per heavy atom. The van der Waals surface area contributed by atoms with E-state index in [1.54, 1.807) is 7.11 Å². The fourth-order valence-corrected chi connectivity index (χ4v) is 3.34. The SMILES string of the molecule is COCCN=C1NC(=O)C2(CCc3cc(Br)ccc3C2)N1. The average molecular weight is 352 g/mol. The van der Waals surface area contributed by atoms with E-state index in [0.717, 1.165) is 17.3 Å². The second kappa shape index (κ2) is 5.77. The van der Waals surface area contributed by atoms with Crippen molar-refractivity contribution in [3.05, 3.63) is 33.8 Å². The summed E-state index contributed by atoms with van der Waals surface area (Å²) in [4.78, 5) is 16.7. The number of carbonyl (C=O) groups excluding carboxylic acids is 1. The van der Waals surface area contributed by atoms with E-state index in [4.69, 9.17) is 4.74 Å². The van der Waals surface area contributed by atoms with Crippen molar-refractivity contribution in [2.45, 2.75) is 24.8 Å². The number of guanidine groups is 1. The van der Waals surface area contributed by atoms with Gasteiger partial charge < -0.3 is 10.1 Å². The number of benzene rings is 1. The minimum Gasteiger partial charge on any atom is -0.383 e. The van der Waals surface area contributed by atoms with E-state index in [0.29, 0.717) is 25.5 Å². The number of ether oxygens (including phenoxy) is 1. The summed E-state index contributed by atoms with van der Waals surface area (Å²) in [5.74, 6) is 0.588. The number of hydrogen-bond donors (Lipinski definition) is 2. The van der Waals surface area contributed by atoms with Crippen LogP contribution in [0.3, 0.4) is 0 Å². The Morgan fingerprint density at radius 3 is 3.10 bits per heavy atom. The molecule has 1 unspecified atom stereocenters. The van der Waals surface area contributed by atoms with Crippen molar-refractivity contribution in [3.8, 4) is 0 Å². The molecule has 1 atom stereocenters. The van der Waals surface area contributed by atoms with Crippen molar-refractivity contribution < 1.29 is 9.53 Å². The van der Waals surface area contributed by atoms with Gasteiger partial charge in [-0.05, 0) is 36.1 Å². The molecule has 1 aromatic carbocycles. The molecule has 1 amide bonds. The minimum absolute atomic E-state index is 0.0206. The van der Waals surface area contributed by atoms with Crippen molar-refractivity contribution in [1.29, 1.82) is 0 Å². The number of fused-ring (bicyclic) bond motifs is 1. The Kier molecular flexibility index (Phi) is 3.99. The second-order valence-electron chi connectivity index (χ2n) is 5.47. The number of methoxy groups -OCH3 is 1. The third-order valence-electron chi connectivity index (χ3n) is 4.07. The van der Waals surface area contributed by atoms with Gasteiger partial charge in [-0.1, -0.05) is 22.0 Å². The molecular formula is C15H18BrN3O2. The van der Waals surface area contributed by atoms with E-state index in [1.165, 1.54) is 11.1 Å². The maximum absolute atomic E-state index is 12.4. The van der Waals surface area contributed by atoms with Gasteiger partial charge in [0.15, 0.2) is 5.96 Å². The molecule has 0 radical (unpaired) electrons. The van der Waals surface area contributed by atoms with Gasteiger partial charge >= 0.3 is 0 Å². The predicted octanol–water partition coefficient (Wildman–Crippen LogP) is 1.40. The summed E-state index contributed by atoms with van der Waals surface area (Å²) in [6.45, 7) is 1.09. The first-order chi connectivity index (χ1) is 10.1. The van der Waals surface area contributed by atoms with Gasteiger partial charge in [-0.15, -0.1) is 0 Å². The quantitative estimate of drug-likeness (QED) is 0.809. The van der Waals surface area contributed by atoms with Crippen LogP contribution in [0.4, 0.5) is 0 Å². The highest BCUT2D eigenvalue weighted by molar-refractivity contribution is 9.10. The van der Waals surface area contributed by atoms with E-state index >= 15 is 0 Å². The summed E-state index contributed by atoms with van der Waals surface area (Å²) in [5, 5.41) is 6.14. The lowest BCUT2D eigenvalue weighted by atomic mass is 9.78. The summed E-state index contributed by atoms with van der Waals surface area (Å²) in [6, 6.07) is 6.26. The van der Waals surface area contributed by atoms with Crippen LogP contribution in [0, 0.1) is 0 Å². The van der Waals surface area contributed by atoms with Crippen LogP contribution in [0.15, 0.2) is 27.7 Å². The highest BCUT2D eigenvalue weighted by Gasteiger charge is 2.46. The molecule has 0 bridgehead atoms. The molecule has 6 heteroatoms. The lowest BCUT2D eigenvalue weighted by Gasteiger charge is -2.32. The first-order valence-electron chi connectivity index (χ1n) is 7.03. The number of nitrogens with one attached hydrogen (secondary N) is 2. The van der Waals surface area contributed by atoms with Crippen molar-refractivity contribution in [2.24, 2.45) is 4.99 Å². The van der Waals surface area contributed by atoms with Gasteiger partial charge in [0.25, 0.3) is 5.91 Å². The number of amides is 1. The van der Waals surface area contributed by atoms with Crippen LogP contribution in [-0.4, -0.2) is 37.7 Å². The van der Waals surface area contributed by atoms with Crippen molar-refractivity contribution in [2.75, 3.05) is 20.3 Å². The van der Waals surface area contributed by atoms with E-state index < -0.39 is 5.54 Å². The standard InChI is InChI=1S/C15H18BrN3O2/c1-21-7-6-17-14-18-13(20)15(19-14)5-4-10-8-12(16)3-2-11(10)9-15/h2-3,8H,4-7,9H2,1H3,(H2,17,18,19,20). The average Bonchev–Trinajstić information content (AvgIpc) is 2.76. The highest BCUT2D eigenvalue weighted by Crippen LogP contribution is 2.32. The molecule has 21 heavy (non-hydrogen) atoms. The molecule has 1 aromatic rings. The van der Waals surface area contributed by atoms with Crippen molar-refractivity contribution in [1.82, 2.24) is 10.6 Å². The maximum Gasteiger partial charge on any atom is 0.252 e. The van der Waals surface area contributed by atoms with E-state index in [2.05, 4.69) is 43.7 Å². The number of carbonyl (C=O) groups is 1. The Labute approximate surface area is 132 Å². The van der Waals surface area contributed by atoms with Gasteiger partial charge in [0.2, 0.25) is 0 Å². The van der Waals surface area contributed by atoms with Gasteiger partial charge in [-0.2, -0.15) is 0 Å². The Morgan fingerprint density at radius 2 is 2.29 bits per heavy atom. The second-order valence-corrected chi connectivity index (χ2v) is 6.39. The third kappa shape index (κ3) is 2.82. The first-order valence-corrected chi connectivity index (χ1v) is 7.83. The molecule has 112 valence electrons. The van der Waals surface area contributed by atoms with E-state index in [-0.39, 0.29) is 5.91 Å². The zero-order chi connectivity index (χ0) is 14.9. The molecule has 1 fully saturated rings. The summed E-state index contributed by atoms with van der Waals surface area (Å²) in [5.41, 5.74) is 1.99. The molecule has 1 heterocycles. The zero-order valence-corrected chi connectivity index (χ0v) is 13.5. The highest BCUT2D eigenvalue weighted by atomic mass is 79.9. The molecule has 5 nitrogen and oxygen atoms in total. The smallest absolute Gasteiger partial charge is 0.252 e. The molecule has 1 aliphatic heterocycles. The largest absolute Gasteiger partial charge is 0.383 e. The zero-order valence-electron chi connectivity index (χ0n) is 11.9. The molecule has 3 rings (SSSR count). The molecule has 1 saturated heterocycles. The van der Waals surface area contributed by atoms with Gasteiger partial charge in [-0.3, -0.25) is 15.1 Å². The summed E-state index contributed by atoms with van der Waals surface area (Å²) < 4.78 is 6.06. The topological polar surface area (TPSA) is 62.7 Å². The molecule has 2 aliphatic rings. The lowest BCUT2D eigenvalue weighted by molar-refractivity contribution is -0.124. The Balaban J connectivity index is 1.79. The van der Waals surface area contributed by atoms with Gasteiger partial charge in [-0.25, -0.2) is 0 Å². The van der Waals surface area contributed by atoms with Crippen LogP contribution in [0.2, 0.25) is 0 Å². The van der Waals surface area contributed by atoms with E-state index in [9.17, 15) is 4.79 Å². The normalized spacial score (nSPS) is 25.8. The molecule has 1 spiro atoms. The molecular weight excluding hydrogens is 334 g/mol. The van der Waals surface area contributed by atoms with Gasteiger partial charge in [0, 0.05) is 18.0 Å². The Hall–Kier alpha value is -1.40. The van der Waals surface area contributed by atoms with Crippen LogP contribution in [0.5, 0.6) is 0 Å². The maximum atomic E-state index is 12.4. The number of nitrogens with zero attached hydrogens (tertiary/aromatic N) is 1. The molecule has 2 N–H and O–H groups in total. The number of aryl methyl sites for hydroxylation is 1. The summed E-state index contributed by atoms with van der Waals surface area (Å²) in [6.07, 6.45) is 2.37.